The third-order valence-corrected chi connectivity index (χ3v) is 2.08. The Hall–Kier alpha value is -1.48. The molecule has 0 saturated heterocycles. The highest BCUT2D eigenvalue weighted by Gasteiger charge is 2.13. The number of hydrogen-bond donors (Lipinski definition) is 2. The highest BCUT2D eigenvalue weighted by Crippen LogP contribution is 2.31. The first kappa shape index (κ1) is 10.6. The van der Waals surface area contributed by atoms with Crippen LogP contribution in [0.3, 0.4) is 0 Å². The maximum absolute atomic E-state index is 9.76. The molecule has 0 spiro atoms. The first-order valence-corrected chi connectivity index (χ1v) is 4.33. The minimum Gasteiger partial charge on any atom is -0.495 e. The largest absolute Gasteiger partial charge is 0.495 e. The van der Waals surface area contributed by atoms with Gasteiger partial charge in [0.1, 0.15) is 11.9 Å². The molecule has 0 heterocycles. The lowest BCUT2D eigenvalue weighted by Crippen LogP contribution is -2.04. The normalized spacial score (nSPS) is 12.2. The molecule has 0 aliphatic heterocycles. The first-order valence-electron chi connectivity index (χ1n) is 4.33. The number of hydrogen-bond acceptors (Lipinski definition) is 3. The van der Waals surface area contributed by atoms with Crippen molar-refractivity contribution in [1.82, 2.24) is 0 Å². The van der Waals surface area contributed by atoms with Crippen LogP contribution in [-0.4, -0.2) is 12.2 Å². The van der Waals surface area contributed by atoms with Gasteiger partial charge < -0.3 is 15.6 Å². The van der Waals surface area contributed by atoms with E-state index in [1.807, 2.05) is 0 Å². The van der Waals surface area contributed by atoms with Crippen molar-refractivity contribution in [2.24, 2.45) is 0 Å². The smallest absolute Gasteiger partial charge is 0.142 e. The van der Waals surface area contributed by atoms with Crippen molar-refractivity contribution in [3.8, 4) is 5.75 Å². The van der Waals surface area contributed by atoms with Crippen molar-refractivity contribution in [2.45, 2.75) is 13.0 Å². The van der Waals surface area contributed by atoms with E-state index in [4.69, 9.17) is 10.5 Å². The molecule has 1 aromatic rings. The SMILES string of the molecule is C=C(C)C(O)c1cccc(OC)c1N. The molecule has 1 rings (SSSR count). The number of ether oxygens (including phenoxy) is 1. The molecule has 1 atom stereocenters. The molecule has 0 saturated carbocycles. The van der Waals surface area contributed by atoms with Crippen LogP contribution in [0.1, 0.15) is 18.6 Å². The van der Waals surface area contributed by atoms with Gasteiger partial charge in [-0.3, -0.25) is 0 Å². The molecule has 3 heteroatoms. The Morgan fingerprint density at radius 1 is 1.57 bits per heavy atom. The molecule has 1 unspecified atom stereocenters. The molecule has 3 nitrogen and oxygen atoms in total. The summed E-state index contributed by atoms with van der Waals surface area (Å²) in [4.78, 5) is 0. The van der Waals surface area contributed by atoms with E-state index in [0.29, 0.717) is 22.6 Å². The van der Waals surface area contributed by atoms with Crippen LogP contribution >= 0.6 is 0 Å². The molecule has 0 fully saturated rings. The highest BCUT2D eigenvalue weighted by atomic mass is 16.5. The fourth-order valence-electron chi connectivity index (χ4n) is 1.24. The van der Waals surface area contributed by atoms with E-state index in [2.05, 4.69) is 6.58 Å². The summed E-state index contributed by atoms with van der Waals surface area (Å²) >= 11 is 0. The zero-order valence-electron chi connectivity index (χ0n) is 8.45. The number of aliphatic hydroxyl groups is 1. The van der Waals surface area contributed by atoms with E-state index >= 15 is 0 Å². The van der Waals surface area contributed by atoms with Gasteiger partial charge in [-0.25, -0.2) is 0 Å². The molecule has 1 aromatic carbocycles. The van der Waals surface area contributed by atoms with Crippen LogP contribution in [0.15, 0.2) is 30.4 Å². The predicted molar refractivity (Wildman–Crippen MR) is 57.2 cm³/mol. The number of anilines is 1. The van der Waals surface area contributed by atoms with Crippen molar-refractivity contribution >= 4 is 5.69 Å². The Kier molecular flexibility index (Phi) is 3.14. The van der Waals surface area contributed by atoms with Gasteiger partial charge in [-0.15, -0.1) is 0 Å². The maximum Gasteiger partial charge on any atom is 0.142 e. The third-order valence-electron chi connectivity index (χ3n) is 2.08. The van der Waals surface area contributed by atoms with Crippen molar-refractivity contribution in [3.63, 3.8) is 0 Å². The topological polar surface area (TPSA) is 55.5 Å². The molecular formula is C11H15NO2. The van der Waals surface area contributed by atoms with Crippen LogP contribution in [0.4, 0.5) is 5.69 Å². The number of benzene rings is 1. The predicted octanol–water partition coefficient (Wildman–Crippen LogP) is 1.89. The van der Waals surface area contributed by atoms with Gasteiger partial charge in [0, 0.05) is 5.56 Å². The summed E-state index contributed by atoms with van der Waals surface area (Å²) in [7, 11) is 1.54. The van der Waals surface area contributed by atoms with E-state index in [1.54, 1.807) is 32.2 Å². The standard InChI is InChI=1S/C11H15NO2/c1-7(2)11(13)8-5-4-6-9(14-3)10(8)12/h4-6,11,13H,1,12H2,2-3H3. The average Bonchev–Trinajstić information content (AvgIpc) is 2.17. The molecule has 14 heavy (non-hydrogen) atoms. The Labute approximate surface area is 83.8 Å². The minimum atomic E-state index is -0.731. The second-order valence-corrected chi connectivity index (χ2v) is 3.21. The second-order valence-electron chi connectivity index (χ2n) is 3.21. The third kappa shape index (κ3) is 1.88. The van der Waals surface area contributed by atoms with Crippen LogP contribution in [0.2, 0.25) is 0 Å². The lowest BCUT2D eigenvalue weighted by Gasteiger charge is -2.15. The monoisotopic (exact) mass is 193 g/mol. The van der Waals surface area contributed by atoms with Gasteiger partial charge in [0.2, 0.25) is 0 Å². The van der Waals surface area contributed by atoms with Gasteiger partial charge in [0.05, 0.1) is 12.8 Å². The quantitative estimate of drug-likeness (QED) is 0.569. The number of aliphatic hydroxyl groups excluding tert-OH is 1. The maximum atomic E-state index is 9.76. The Balaban J connectivity index is 3.15. The average molecular weight is 193 g/mol. The fourth-order valence-corrected chi connectivity index (χ4v) is 1.24. The van der Waals surface area contributed by atoms with Crippen LogP contribution in [0, 0.1) is 0 Å². The minimum absolute atomic E-state index is 0.463. The summed E-state index contributed by atoms with van der Waals surface area (Å²) in [6.45, 7) is 5.44. The molecule has 3 N–H and O–H groups in total. The Bertz CT molecular complexity index is 347. The zero-order chi connectivity index (χ0) is 10.7. The van der Waals surface area contributed by atoms with Crippen molar-refractivity contribution in [2.75, 3.05) is 12.8 Å². The summed E-state index contributed by atoms with van der Waals surface area (Å²) in [5.74, 6) is 0.572. The molecular weight excluding hydrogens is 178 g/mol. The molecule has 0 aromatic heterocycles. The zero-order valence-corrected chi connectivity index (χ0v) is 8.45. The Morgan fingerprint density at radius 2 is 2.21 bits per heavy atom. The summed E-state index contributed by atoms with van der Waals surface area (Å²) < 4.78 is 5.05. The molecule has 0 aliphatic rings. The molecule has 76 valence electrons. The highest BCUT2D eigenvalue weighted by molar-refractivity contribution is 5.60. The summed E-state index contributed by atoms with van der Waals surface area (Å²) in [6, 6.07) is 5.30. The molecule has 0 amide bonds. The summed E-state index contributed by atoms with van der Waals surface area (Å²) in [5.41, 5.74) is 7.56. The van der Waals surface area contributed by atoms with Crippen molar-refractivity contribution in [3.05, 3.63) is 35.9 Å². The van der Waals surface area contributed by atoms with Crippen LogP contribution in [-0.2, 0) is 0 Å². The van der Waals surface area contributed by atoms with Crippen molar-refractivity contribution < 1.29 is 9.84 Å². The fraction of sp³-hybridized carbons (Fsp3) is 0.273. The van der Waals surface area contributed by atoms with Gasteiger partial charge in [-0.05, 0) is 18.6 Å². The first-order chi connectivity index (χ1) is 6.57. The number of methoxy groups -OCH3 is 1. The Morgan fingerprint density at radius 3 is 2.71 bits per heavy atom. The molecule has 0 radical (unpaired) electrons. The number of para-hydroxylation sites is 1. The second kappa shape index (κ2) is 4.15. The van der Waals surface area contributed by atoms with E-state index < -0.39 is 6.10 Å². The lowest BCUT2D eigenvalue weighted by molar-refractivity contribution is 0.216. The van der Waals surface area contributed by atoms with Gasteiger partial charge in [0.25, 0.3) is 0 Å². The van der Waals surface area contributed by atoms with E-state index in [-0.39, 0.29) is 0 Å². The van der Waals surface area contributed by atoms with E-state index in [0.717, 1.165) is 0 Å². The van der Waals surface area contributed by atoms with Crippen LogP contribution < -0.4 is 10.5 Å². The van der Waals surface area contributed by atoms with Gasteiger partial charge in [0.15, 0.2) is 0 Å². The molecule has 0 bridgehead atoms. The summed E-state index contributed by atoms with van der Waals surface area (Å²) in [5, 5.41) is 9.76. The number of nitrogen functional groups attached to an aromatic ring is 1. The van der Waals surface area contributed by atoms with Gasteiger partial charge in [-0.1, -0.05) is 18.7 Å². The summed E-state index contributed by atoms with van der Waals surface area (Å²) in [6.07, 6.45) is -0.731. The van der Waals surface area contributed by atoms with Gasteiger partial charge >= 0.3 is 0 Å². The van der Waals surface area contributed by atoms with Gasteiger partial charge in [-0.2, -0.15) is 0 Å². The molecule has 0 aliphatic carbocycles. The number of rotatable bonds is 3. The lowest BCUT2D eigenvalue weighted by atomic mass is 10.0. The van der Waals surface area contributed by atoms with Crippen LogP contribution in [0.25, 0.3) is 0 Å². The number of nitrogens with two attached hydrogens (primary N) is 1. The van der Waals surface area contributed by atoms with E-state index in [1.165, 1.54) is 0 Å². The van der Waals surface area contributed by atoms with Crippen LogP contribution in [0.5, 0.6) is 5.75 Å². The van der Waals surface area contributed by atoms with E-state index in [9.17, 15) is 5.11 Å². The van der Waals surface area contributed by atoms with Crippen molar-refractivity contribution in [1.29, 1.82) is 0 Å².